The number of hydrogen-bond donors (Lipinski definition) is 1. The van der Waals surface area contributed by atoms with Crippen LogP contribution in [0.25, 0.3) is 0 Å². The predicted molar refractivity (Wildman–Crippen MR) is 76.7 cm³/mol. The molecular formula is C16H25NO2. The number of allylic oxidation sites excluding steroid dienone is 4. The molecule has 106 valence electrons. The first kappa shape index (κ1) is 14.3. The summed E-state index contributed by atoms with van der Waals surface area (Å²) in [6.45, 7) is 1.86. The molecule has 19 heavy (non-hydrogen) atoms. The number of hydrogen-bond acceptors (Lipinski definition) is 3. The lowest BCUT2D eigenvalue weighted by Crippen LogP contribution is -2.39. The molecule has 2 aliphatic rings. The number of aliphatic hydroxyl groups is 1. The van der Waals surface area contributed by atoms with Crippen molar-refractivity contribution in [2.75, 3.05) is 6.61 Å². The van der Waals surface area contributed by atoms with E-state index in [1.807, 2.05) is 6.08 Å². The van der Waals surface area contributed by atoms with E-state index in [1.54, 1.807) is 13.0 Å². The van der Waals surface area contributed by atoms with Crippen LogP contribution in [0.15, 0.2) is 23.9 Å². The zero-order chi connectivity index (χ0) is 13.7. The normalized spacial score (nSPS) is 26.6. The highest BCUT2D eigenvalue weighted by Gasteiger charge is 2.35. The van der Waals surface area contributed by atoms with Gasteiger partial charge in [0, 0.05) is 11.7 Å². The van der Waals surface area contributed by atoms with Crippen LogP contribution in [0.2, 0.25) is 0 Å². The first-order valence-corrected chi connectivity index (χ1v) is 7.47. The molecule has 2 rings (SSSR count). The third kappa shape index (κ3) is 3.69. The van der Waals surface area contributed by atoms with E-state index in [1.165, 1.54) is 25.0 Å². The van der Waals surface area contributed by atoms with Gasteiger partial charge in [0.15, 0.2) is 5.78 Å². The summed E-state index contributed by atoms with van der Waals surface area (Å²) in [4.78, 5) is 13.3. The van der Waals surface area contributed by atoms with E-state index in [-0.39, 0.29) is 12.4 Å². The smallest absolute Gasteiger partial charge is 0.152 e. The Morgan fingerprint density at radius 2 is 2.32 bits per heavy atom. The summed E-state index contributed by atoms with van der Waals surface area (Å²) in [5.41, 5.74) is 1.42. The molecule has 2 heterocycles. The van der Waals surface area contributed by atoms with E-state index < -0.39 is 0 Å². The second kappa shape index (κ2) is 6.90. The highest BCUT2D eigenvalue weighted by atomic mass is 16.3. The number of carbonyl (C=O) groups is 1. The third-order valence-electron chi connectivity index (χ3n) is 4.20. The van der Waals surface area contributed by atoms with E-state index in [4.69, 9.17) is 0 Å². The molecule has 0 aromatic rings. The lowest BCUT2D eigenvalue weighted by Gasteiger charge is -2.37. The molecule has 0 unspecified atom stereocenters. The standard InChI is InChI=1S/C16H25NO2/c1-13(19)6-3-2-4-7-14-8-5-9-15-10-11-16(12-18)17(14)15/h3,6,8,15-16,18H,2,4-5,7,9-12H2,1H3/b6-3+/t15-,16-/m0/s1. The van der Waals surface area contributed by atoms with Gasteiger partial charge in [-0.1, -0.05) is 12.2 Å². The van der Waals surface area contributed by atoms with Gasteiger partial charge in [0.2, 0.25) is 0 Å². The molecule has 0 spiro atoms. The molecule has 1 N–H and O–H groups in total. The molecule has 0 aromatic heterocycles. The fourth-order valence-corrected chi connectivity index (χ4v) is 3.32. The summed E-state index contributed by atoms with van der Waals surface area (Å²) in [5.74, 6) is 0.122. The number of fused-ring (bicyclic) bond motifs is 1. The Labute approximate surface area is 116 Å². The second-order valence-corrected chi connectivity index (χ2v) is 5.65. The average Bonchev–Trinajstić information content (AvgIpc) is 2.82. The zero-order valence-electron chi connectivity index (χ0n) is 11.8. The van der Waals surface area contributed by atoms with Crippen LogP contribution in [0.1, 0.15) is 51.9 Å². The van der Waals surface area contributed by atoms with E-state index in [9.17, 15) is 9.90 Å². The van der Waals surface area contributed by atoms with Crippen molar-refractivity contribution in [3.63, 3.8) is 0 Å². The SMILES string of the molecule is CC(=O)/C=C/CCCC1=CCC[C@H]2CC[C@@H](CO)N12. The maximum Gasteiger partial charge on any atom is 0.152 e. The van der Waals surface area contributed by atoms with Crippen molar-refractivity contribution in [3.8, 4) is 0 Å². The average molecular weight is 263 g/mol. The summed E-state index contributed by atoms with van der Waals surface area (Å²) < 4.78 is 0. The Balaban J connectivity index is 1.85. The molecule has 2 aliphatic heterocycles. The Morgan fingerprint density at radius 1 is 1.47 bits per heavy atom. The van der Waals surface area contributed by atoms with Crippen molar-refractivity contribution in [1.29, 1.82) is 0 Å². The van der Waals surface area contributed by atoms with Gasteiger partial charge in [0.1, 0.15) is 0 Å². The van der Waals surface area contributed by atoms with Gasteiger partial charge in [-0.15, -0.1) is 0 Å². The van der Waals surface area contributed by atoms with Gasteiger partial charge in [0.05, 0.1) is 12.6 Å². The molecule has 0 radical (unpaired) electrons. The fourth-order valence-electron chi connectivity index (χ4n) is 3.32. The number of rotatable bonds is 6. The summed E-state index contributed by atoms with van der Waals surface area (Å²) in [6.07, 6.45) is 13.9. The molecule has 1 fully saturated rings. The minimum atomic E-state index is 0.122. The minimum Gasteiger partial charge on any atom is -0.394 e. The molecule has 0 bridgehead atoms. The number of carbonyl (C=O) groups excluding carboxylic acids is 1. The van der Waals surface area contributed by atoms with E-state index in [0.29, 0.717) is 12.1 Å². The molecule has 3 heteroatoms. The summed E-state index contributed by atoms with van der Waals surface area (Å²) >= 11 is 0. The molecule has 0 saturated carbocycles. The second-order valence-electron chi connectivity index (χ2n) is 5.65. The van der Waals surface area contributed by atoms with Crippen molar-refractivity contribution in [2.45, 2.75) is 64.0 Å². The predicted octanol–water partition coefficient (Wildman–Crippen LogP) is 2.80. The van der Waals surface area contributed by atoms with Crippen LogP contribution in [0.5, 0.6) is 0 Å². The Bertz CT molecular complexity index is 373. The van der Waals surface area contributed by atoms with Crippen LogP contribution < -0.4 is 0 Å². The Morgan fingerprint density at radius 3 is 3.05 bits per heavy atom. The van der Waals surface area contributed by atoms with Crippen LogP contribution in [-0.4, -0.2) is 34.5 Å². The molecule has 1 saturated heterocycles. The largest absolute Gasteiger partial charge is 0.394 e. The van der Waals surface area contributed by atoms with Crippen LogP contribution >= 0.6 is 0 Å². The Kier molecular flexibility index (Phi) is 5.20. The summed E-state index contributed by atoms with van der Waals surface area (Å²) in [7, 11) is 0. The van der Waals surface area contributed by atoms with Gasteiger partial charge < -0.3 is 10.0 Å². The fraction of sp³-hybridized carbons (Fsp3) is 0.688. The maximum absolute atomic E-state index is 10.8. The van der Waals surface area contributed by atoms with Gasteiger partial charge in [-0.25, -0.2) is 0 Å². The Hall–Kier alpha value is -1.09. The van der Waals surface area contributed by atoms with Gasteiger partial charge in [-0.2, -0.15) is 0 Å². The highest BCUT2D eigenvalue weighted by Crippen LogP contribution is 2.36. The van der Waals surface area contributed by atoms with Crippen LogP contribution in [0, 0.1) is 0 Å². The van der Waals surface area contributed by atoms with Crippen LogP contribution in [0.4, 0.5) is 0 Å². The first-order chi connectivity index (χ1) is 9.22. The summed E-state index contributed by atoms with van der Waals surface area (Å²) in [5, 5.41) is 9.48. The van der Waals surface area contributed by atoms with Gasteiger partial charge in [-0.3, -0.25) is 4.79 Å². The van der Waals surface area contributed by atoms with Crippen molar-refractivity contribution >= 4 is 5.78 Å². The zero-order valence-corrected chi connectivity index (χ0v) is 11.8. The molecule has 2 atom stereocenters. The van der Waals surface area contributed by atoms with Crippen molar-refractivity contribution in [2.24, 2.45) is 0 Å². The van der Waals surface area contributed by atoms with E-state index in [0.717, 1.165) is 25.7 Å². The van der Waals surface area contributed by atoms with E-state index >= 15 is 0 Å². The van der Waals surface area contributed by atoms with Gasteiger partial charge in [0.25, 0.3) is 0 Å². The van der Waals surface area contributed by atoms with Crippen molar-refractivity contribution in [3.05, 3.63) is 23.9 Å². The molecule has 3 nitrogen and oxygen atoms in total. The van der Waals surface area contributed by atoms with E-state index in [2.05, 4.69) is 11.0 Å². The number of nitrogens with zero attached hydrogens (tertiary/aromatic N) is 1. The summed E-state index contributed by atoms with van der Waals surface area (Å²) in [6, 6.07) is 0.995. The molecule has 0 aromatic carbocycles. The number of unbranched alkanes of at least 4 members (excludes halogenated alkanes) is 1. The minimum absolute atomic E-state index is 0.122. The molecule has 0 aliphatic carbocycles. The number of aliphatic hydroxyl groups excluding tert-OH is 1. The lowest BCUT2D eigenvalue weighted by atomic mass is 10.0. The van der Waals surface area contributed by atoms with Crippen LogP contribution in [-0.2, 0) is 4.79 Å². The monoisotopic (exact) mass is 263 g/mol. The van der Waals surface area contributed by atoms with Crippen molar-refractivity contribution in [1.82, 2.24) is 4.90 Å². The first-order valence-electron chi connectivity index (χ1n) is 7.47. The number of ketones is 1. The third-order valence-corrected chi connectivity index (χ3v) is 4.20. The van der Waals surface area contributed by atoms with Gasteiger partial charge in [-0.05, 0) is 57.9 Å². The molecular weight excluding hydrogens is 238 g/mol. The maximum atomic E-state index is 10.8. The van der Waals surface area contributed by atoms with Gasteiger partial charge >= 0.3 is 0 Å². The highest BCUT2D eigenvalue weighted by molar-refractivity contribution is 5.87. The molecule has 0 amide bonds. The lowest BCUT2D eigenvalue weighted by molar-refractivity contribution is -0.112. The van der Waals surface area contributed by atoms with Crippen molar-refractivity contribution < 1.29 is 9.90 Å². The quantitative estimate of drug-likeness (QED) is 0.592. The topological polar surface area (TPSA) is 40.5 Å². The van der Waals surface area contributed by atoms with Crippen LogP contribution in [0.3, 0.4) is 0 Å².